The summed E-state index contributed by atoms with van der Waals surface area (Å²) < 4.78 is 1.13. The third kappa shape index (κ3) is 3.13. The van der Waals surface area contributed by atoms with Crippen LogP contribution < -0.4 is 5.32 Å². The van der Waals surface area contributed by atoms with Crippen LogP contribution in [0, 0.1) is 0 Å². The summed E-state index contributed by atoms with van der Waals surface area (Å²) in [6, 6.07) is 2.62. The lowest BCUT2D eigenvalue weighted by atomic mass is 10.3. The van der Waals surface area contributed by atoms with E-state index in [2.05, 4.69) is 56.9 Å². The van der Waals surface area contributed by atoms with Crippen LogP contribution in [0.3, 0.4) is 0 Å². The van der Waals surface area contributed by atoms with E-state index in [1.807, 2.05) is 0 Å². The highest BCUT2D eigenvalue weighted by atomic mass is 79.9. The Balaban J connectivity index is 2.07. The Morgan fingerprint density at radius 1 is 1.38 bits per heavy atom. The largest absolute Gasteiger partial charge is 0.309 e. The Kier molecular flexibility index (Phi) is 4.13. The summed E-state index contributed by atoms with van der Waals surface area (Å²) in [5, 5.41) is 8.69. The van der Waals surface area contributed by atoms with Gasteiger partial charge < -0.3 is 5.32 Å². The second-order valence-corrected chi connectivity index (χ2v) is 6.49. The molecule has 2 rings (SSSR count). The summed E-state index contributed by atoms with van der Waals surface area (Å²) in [6.07, 6.45) is 0. The van der Waals surface area contributed by atoms with E-state index in [4.69, 9.17) is 0 Å². The maximum Gasteiger partial charge on any atom is 0.133 e. The Hall–Kier alpha value is -0.230. The number of nitrogens with zero attached hydrogens (tertiary/aromatic N) is 1. The maximum absolute atomic E-state index is 4.61. The summed E-state index contributed by atoms with van der Waals surface area (Å²) in [5.41, 5.74) is 1.12. The van der Waals surface area contributed by atoms with Crippen LogP contribution in [-0.4, -0.2) is 11.0 Å². The fourth-order valence-electron chi connectivity index (χ4n) is 1.24. The predicted molar refractivity (Wildman–Crippen MR) is 75.1 cm³/mol. The molecule has 2 aromatic heterocycles. The van der Waals surface area contributed by atoms with Gasteiger partial charge in [-0.05, 0) is 22.0 Å². The second kappa shape index (κ2) is 5.40. The number of hydrogen-bond donors (Lipinski definition) is 1. The van der Waals surface area contributed by atoms with Gasteiger partial charge >= 0.3 is 0 Å². The fraction of sp³-hybridized carbons (Fsp3) is 0.364. The van der Waals surface area contributed by atoms with Gasteiger partial charge in [-0.3, -0.25) is 0 Å². The zero-order valence-electron chi connectivity index (χ0n) is 9.16. The molecule has 0 fully saturated rings. The van der Waals surface area contributed by atoms with Gasteiger partial charge in [-0.2, -0.15) is 0 Å². The highest BCUT2D eigenvalue weighted by Gasteiger charge is 2.07. The first-order valence-corrected chi connectivity index (χ1v) is 7.62. The second-order valence-electron chi connectivity index (χ2n) is 3.81. The minimum Gasteiger partial charge on any atom is -0.309 e. The minimum absolute atomic E-state index is 0.501. The highest BCUT2D eigenvalue weighted by Crippen LogP contribution is 2.31. The van der Waals surface area contributed by atoms with Gasteiger partial charge in [0, 0.05) is 27.8 Å². The predicted octanol–water partition coefficient (Wildman–Crippen LogP) is 4.13. The number of aromatic nitrogens is 1. The summed E-state index contributed by atoms with van der Waals surface area (Å²) in [6.45, 7) is 5.13. The SMILES string of the molecule is CC(C)NCc1csc(-c2cc(Br)cs2)n1. The molecule has 5 heteroatoms. The van der Waals surface area contributed by atoms with E-state index < -0.39 is 0 Å². The van der Waals surface area contributed by atoms with Crippen LogP contribution in [0.25, 0.3) is 9.88 Å². The average molecular weight is 317 g/mol. The van der Waals surface area contributed by atoms with E-state index in [-0.39, 0.29) is 0 Å². The Morgan fingerprint density at radius 3 is 2.81 bits per heavy atom. The number of halogens is 1. The van der Waals surface area contributed by atoms with Crippen molar-refractivity contribution < 1.29 is 0 Å². The first kappa shape index (κ1) is 12.2. The van der Waals surface area contributed by atoms with E-state index >= 15 is 0 Å². The van der Waals surface area contributed by atoms with Crippen LogP contribution in [0.15, 0.2) is 21.3 Å². The van der Waals surface area contributed by atoms with E-state index in [0.717, 1.165) is 21.7 Å². The molecule has 86 valence electrons. The van der Waals surface area contributed by atoms with Crippen LogP contribution in [0.1, 0.15) is 19.5 Å². The molecule has 0 bridgehead atoms. The van der Waals surface area contributed by atoms with Gasteiger partial charge in [-0.15, -0.1) is 22.7 Å². The van der Waals surface area contributed by atoms with Crippen molar-refractivity contribution >= 4 is 38.6 Å². The molecule has 0 saturated carbocycles. The Labute approximate surface area is 112 Å². The first-order valence-electron chi connectivity index (χ1n) is 5.07. The van der Waals surface area contributed by atoms with Gasteiger partial charge in [0.2, 0.25) is 0 Å². The quantitative estimate of drug-likeness (QED) is 0.917. The van der Waals surface area contributed by atoms with E-state index in [9.17, 15) is 0 Å². The van der Waals surface area contributed by atoms with Crippen molar-refractivity contribution in [2.24, 2.45) is 0 Å². The van der Waals surface area contributed by atoms with Crippen molar-refractivity contribution in [1.29, 1.82) is 0 Å². The number of rotatable bonds is 4. The summed E-state index contributed by atoms with van der Waals surface area (Å²) in [4.78, 5) is 5.84. The molecule has 0 atom stereocenters. The molecule has 16 heavy (non-hydrogen) atoms. The molecule has 2 heterocycles. The van der Waals surface area contributed by atoms with Gasteiger partial charge in [0.15, 0.2) is 0 Å². The van der Waals surface area contributed by atoms with Gasteiger partial charge in [0.05, 0.1) is 10.6 Å². The van der Waals surface area contributed by atoms with E-state index in [0.29, 0.717) is 6.04 Å². The normalized spacial score (nSPS) is 11.2. The molecule has 0 radical (unpaired) electrons. The topological polar surface area (TPSA) is 24.9 Å². The molecule has 0 aliphatic carbocycles. The minimum atomic E-state index is 0.501. The van der Waals surface area contributed by atoms with Crippen molar-refractivity contribution in [3.05, 3.63) is 27.0 Å². The van der Waals surface area contributed by atoms with Crippen LogP contribution in [0.4, 0.5) is 0 Å². The molecule has 0 amide bonds. The first-order chi connectivity index (χ1) is 7.65. The molecule has 1 N–H and O–H groups in total. The summed E-state index contributed by atoms with van der Waals surface area (Å²) in [5.74, 6) is 0. The zero-order chi connectivity index (χ0) is 11.5. The van der Waals surface area contributed by atoms with Crippen LogP contribution in [-0.2, 0) is 6.54 Å². The molecule has 2 nitrogen and oxygen atoms in total. The highest BCUT2D eigenvalue weighted by molar-refractivity contribution is 9.10. The number of nitrogens with one attached hydrogen (secondary N) is 1. The van der Waals surface area contributed by atoms with Gasteiger partial charge in [0.1, 0.15) is 5.01 Å². The lowest BCUT2D eigenvalue weighted by Gasteiger charge is -2.04. The van der Waals surface area contributed by atoms with Crippen molar-refractivity contribution in [1.82, 2.24) is 10.3 Å². The molecular formula is C11H13BrN2S2. The van der Waals surface area contributed by atoms with Gasteiger partial charge in [0.25, 0.3) is 0 Å². The van der Waals surface area contributed by atoms with Gasteiger partial charge in [-0.1, -0.05) is 13.8 Å². The smallest absolute Gasteiger partial charge is 0.133 e. The molecular weight excluding hydrogens is 304 g/mol. The Morgan fingerprint density at radius 2 is 2.19 bits per heavy atom. The molecule has 0 aliphatic heterocycles. The van der Waals surface area contributed by atoms with Crippen molar-refractivity contribution in [2.75, 3.05) is 0 Å². The maximum atomic E-state index is 4.61. The van der Waals surface area contributed by atoms with Crippen LogP contribution in [0.5, 0.6) is 0 Å². The molecule has 0 spiro atoms. The fourth-order valence-corrected chi connectivity index (χ4v) is 3.56. The molecule has 0 aliphatic rings. The van der Waals surface area contributed by atoms with Crippen molar-refractivity contribution in [3.63, 3.8) is 0 Å². The third-order valence-corrected chi connectivity index (χ3v) is 4.77. The molecule has 2 aromatic rings. The summed E-state index contributed by atoms with van der Waals surface area (Å²) >= 11 is 6.89. The monoisotopic (exact) mass is 316 g/mol. The molecule has 0 unspecified atom stereocenters. The lowest BCUT2D eigenvalue weighted by Crippen LogP contribution is -2.21. The summed E-state index contributed by atoms with van der Waals surface area (Å²) in [7, 11) is 0. The Bertz CT molecular complexity index is 462. The van der Waals surface area contributed by atoms with Crippen LogP contribution >= 0.6 is 38.6 Å². The standard InChI is InChI=1S/C11H13BrN2S2/c1-7(2)13-4-9-6-16-11(14-9)10-3-8(12)5-15-10/h3,5-7,13H,4H2,1-2H3. The average Bonchev–Trinajstić information content (AvgIpc) is 2.83. The molecule has 0 saturated heterocycles. The van der Waals surface area contributed by atoms with Crippen LogP contribution in [0.2, 0.25) is 0 Å². The van der Waals surface area contributed by atoms with Crippen molar-refractivity contribution in [2.45, 2.75) is 26.4 Å². The third-order valence-electron chi connectivity index (χ3n) is 2.02. The number of thiophene rings is 1. The van der Waals surface area contributed by atoms with Crippen molar-refractivity contribution in [3.8, 4) is 9.88 Å². The number of hydrogen-bond acceptors (Lipinski definition) is 4. The lowest BCUT2D eigenvalue weighted by molar-refractivity contribution is 0.583. The number of thiazole rings is 1. The zero-order valence-corrected chi connectivity index (χ0v) is 12.4. The van der Waals surface area contributed by atoms with E-state index in [1.54, 1.807) is 22.7 Å². The van der Waals surface area contributed by atoms with E-state index in [1.165, 1.54) is 4.88 Å². The molecule has 0 aromatic carbocycles. The van der Waals surface area contributed by atoms with Gasteiger partial charge in [-0.25, -0.2) is 4.98 Å².